The number of aryl methyl sites for hydroxylation is 1. The molecule has 2 aliphatic rings. The van der Waals surface area contributed by atoms with Crippen LogP contribution in [0.4, 0.5) is 0 Å². The summed E-state index contributed by atoms with van der Waals surface area (Å²) in [6, 6.07) is 16.3. The molecule has 3 aromatic heterocycles. The van der Waals surface area contributed by atoms with Crippen LogP contribution in [0.2, 0.25) is 5.02 Å². The van der Waals surface area contributed by atoms with Gasteiger partial charge < -0.3 is 35.6 Å². The molecule has 5 aromatic rings. The quantitative estimate of drug-likeness (QED) is 0.0694. The van der Waals surface area contributed by atoms with Gasteiger partial charge in [0.2, 0.25) is 17.7 Å². The minimum atomic E-state index is -0.909. The number of hydrogen-bond donors (Lipinski definition) is 5. The number of H-pyrrole nitrogens is 1. The van der Waals surface area contributed by atoms with Crippen LogP contribution in [0.3, 0.4) is 0 Å². The third-order valence-corrected chi connectivity index (χ3v) is 13.9. The van der Waals surface area contributed by atoms with Gasteiger partial charge in [0.15, 0.2) is 0 Å². The summed E-state index contributed by atoms with van der Waals surface area (Å²) in [5.41, 5.74) is 6.93. The summed E-state index contributed by atoms with van der Waals surface area (Å²) in [5.74, 6) is -1.33. The number of likely N-dealkylation sites (tertiary alicyclic amines) is 1. The summed E-state index contributed by atoms with van der Waals surface area (Å²) in [4.78, 5) is 65.6. The highest BCUT2D eigenvalue weighted by atomic mass is 35.5. The topological polar surface area (TPSA) is 227 Å². The van der Waals surface area contributed by atoms with Crippen molar-refractivity contribution in [3.63, 3.8) is 0 Å². The van der Waals surface area contributed by atoms with E-state index >= 15 is 0 Å². The van der Waals surface area contributed by atoms with E-state index in [2.05, 4.69) is 52.1 Å². The number of β-amino-alcohol motifs (C(OH)–C–C–N with tert-alkyl or cyclic N) is 1. The SMILES string of the molecule is Cc1ncsc1-c1ccc(C(C)NC(=O)[C@@H]2C[C@@H](O)CN2C(=O)C(NC(=O)CN2CCN(CCCOCc3cc(C(=O)NC(C)Cn4ccc(-c5ccc(C#N)c(Cl)c5)n4)n[nH]3)CC2)C(C)(C)C)cc1. The number of nitrogens with one attached hydrogen (secondary N) is 4. The second-order valence-electron chi connectivity index (χ2n) is 19.3. The van der Waals surface area contributed by atoms with E-state index in [1.165, 1.54) is 4.90 Å². The number of halogens is 1. The van der Waals surface area contributed by atoms with Gasteiger partial charge in [0.1, 0.15) is 23.8 Å². The van der Waals surface area contributed by atoms with Gasteiger partial charge in [-0.15, -0.1) is 11.3 Å². The number of thiazole rings is 1. The maximum Gasteiger partial charge on any atom is 0.272 e. The zero-order chi connectivity index (χ0) is 50.1. The summed E-state index contributed by atoms with van der Waals surface area (Å²) >= 11 is 7.77. The lowest BCUT2D eigenvalue weighted by atomic mass is 9.85. The number of carbonyl (C=O) groups excluding carboxylic acids is 4. The first-order chi connectivity index (χ1) is 33.4. The van der Waals surface area contributed by atoms with Crippen LogP contribution < -0.4 is 16.0 Å². The van der Waals surface area contributed by atoms with Crippen molar-refractivity contribution >= 4 is 46.6 Å². The fraction of sp³-hybridized carbons (Fsp3) is 0.480. The Balaban J connectivity index is 0.791. The van der Waals surface area contributed by atoms with Crippen molar-refractivity contribution in [3.8, 4) is 27.8 Å². The third kappa shape index (κ3) is 13.4. The fourth-order valence-corrected chi connectivity index (χ4v) is 9.76. The summed E-state index contributed by atoms with van der Waals surface area (Å²) < 4.78 is 7.64. The van der Waals surface area contributed by atoms with Crippen LogP contribution in [0.25, 0.3) is 21.7 Å². The van der Waals surface area contributed by atoms with E-state index in [0.29, 0.717) is 48.2 Å². The zero-order valence-electron chi connectivity index (χ0n) is 40.6. The van der Waals surface area contributed by atoms with Gasteiger partial charge in [-0.25, -0.2) is 4.98 Å². The Hall–Kier alpha value is -6.01. The number of nitrogens with zero attached hydrogens (tertiary/aromatic N) is 8. The number of piperazine rings is 1. The molecule has 2 fully saturated rings. The molecule has 0 saturated carbocycles. The predicted molar refractivity (Wildman–Crippen MR) is 266 cm³/mol. The number of carbonyl (C=O) groups is 4. The average molecular weight is 996 g/mol. The highest BCUT2D eigenvalue weighted by molar-refractivity contribution is 7.13. The van der Waals surface area contributed by atoms with E-state index in [1.807, 2.05) is 83.6 Å². The largest absolute Gasteiger partial charge is 0.391 e. The number of rotatable bonds is 19. The number of amides is 4. The van der Waals surface area contributed by atoms with Crippen molar-refractivity contribution in [1.82, 2.24) is 55.6 Å². The number of aromatic nitrogens is 5. The van der Waals surface area contributed by atoms with Crippen molar-refractivity contribution in [1.29, 1.82) is 5.26 Å². The molecular weight excluding hydrogens is 932 g/mol. The van der Waals surface area contributed by atoms with Crippen LogP contribution in [-0.4, -0.2) is 145 Å². The van der Waals surface area contributed by atoms with Crippen molar-refractivity contribution in [3.05, 3.63) is 99.5 Å². The molecule has 0 bridgehead atoms. The molecular formula is C50H63ClN12O6S. The Morgan fingerprint density at radius 1 is 1.00 bits per heavy atom. The monoisotopic (exact) mass is 994 g/mol. The Morgan fingerprint density at radius 3 is 2.41 bits per heavy atom. The van der Waals surface area contributed by atoms with E-state index in [9.17, 15) is 24.3 Å². The molecule has 5 N–H and O–H groups in total. The molecule has 7 rings (SSSR count). The summed E-state index contributed by atoms with van der Waals surface area (Å²) in [5, 5.41) is 40.8. The van der Waals surface area contributed by atoms with Gasteiger partial charge in [0.05, 0.1) is 69.9 Å². The lowest BCUT2D eigenvalue weighted by molar-refractivity contribution is -0.144. The first-order valence-corrected chi connectivity index (χ1v) is 24.9. The molecule has 0 aliphatic carbocycles. The van der Waals surface area contributed by atoms with Gasteiger partial charge in [0.25, 0.3) is 5.91 Å². The Kier molecular flexibility index (Phi) is 17.2. The molecule has 4 amide bonds. The molecule has 0 radical (unpaired) electrons. The van der Waals surface area contributed by atoms with E-state index in [0.717, 1.165) is 53.3 Å². The molecule has 372 valence electrons. The predicted octanol–water partition coefficient (Wildman–Crippen LogP) is 4.94. The van der Waals surface area contributed by atoms with Crippen molar-refractivity contribution in [2.75, 3.05) is 52.4 Å². The molecule has 5 heterocycles. The molecule has 2 saturated heterocycles. The number of nitriles is 1. The van der Waals surface area contributed by atoms with Crippen LogP contribution in [0, 0.1) is 23.7 Å². The summed E-state index contributed by atoms with van der Waals surface area (Å²) in [6.45, 7) is 16.5. The van der Waals surface area contributed by atoms with Crippen LogP contribution in [0.1, 0.15) is 86.5 Å². The Morgan fingerprint density at radius 2 is 1.73 bits per heavy atom. The highest BCUT2D eigenvalue weighted by Gasteiger charge is 2.45. The number of ether oxygens (including phenoxy) is 1. The van der Waals surface area contributed by atoms with E-state index in [-0.39, 0.29) is 61.6 Å². The first kappa shape index (κ1) is 51.8. The average Bonchev–Trinajstić information content (AvgIpc) is 4.16. The summed E-state index contributed by atoms with van der Waals surface area (Å²) in [7, 11) is 0. The van der Waals surface area contributed by atoms with Crippen molar-refractivity contribution in [2.45, 2.75) is 97.8 Å². The second kappa shape index (κ2) is 23.3. The normalized spacial score (nSPS) is 18.0. The van der Waals surface area contributed by atoms with E-state index in [1.54, 1.807) is 40.3 Å². The van der Waals surface area contributed by atoms with Gasteiger partial charge in [-0.05, 0) is 68.0 Å². The van der Waals surface area contributed by atoms with Gasteiger partial charge in [-0.1, -0.05) is 62.7 Å². The third-order valence-electron chi connectivity index (χ3n) is 12.6. The van der Waals surface area contributed by atoms with Crippen molar-refractivity contribution < 1.29 is 29.0 Å². The Labute approximate surface area is 417 Å². The highest BCUT2D eigenvalue weighted by Crippen LogP contribution is 2.30. The second-order valence-corrected chi connectivity index (χ2v) is 20.5. The molecule has 2 aromatic carbocycles. The number of aliphatic hydroxyl groups is 1. The standard InChI is InChI=1S/C50H63ClN12O6S/c1-31(26-62-16-14-41(59-62)36-12-13-37(25-52)40(51)22-36)54-47(66)42-23-38(57-58-42)29-69-21-7-15-60-17-19-61(20-18-60)28-44(65)56-46(50(4,5)6)49(68)63-27-39(64)24-43(63)48(67)55-32(2)34-8-10-35(11-9-34)45-33(3)53-30-70-45/h8-14,16,22-23,30-32,39,43,46,64H,7,15,17-21,24,26-29H2,1-6H3,(H,54,66)(H,55,67)(H,56,65)(H,57,58)/t31?,32?,39-,43+,46?/m1/s1. The van der Waals surface area contributed by atoms with Crippen molar-refractivity contribution in [2.24, 2.45) is 5.41 Å². The van der Waals surface area contributed by atoms with Gasteiger partial charge in [0, 0.05) is 70.1 Å². The molecule has 20 heteroatoms. The molecule has 0 spiro atoms. The molecule has 2 aliphatic heterocycles. The smallest absolute Gasteiger partial charge is 0.272 e. The minimum absolute atomic E-state index is 0.00383. The number of benzene rings is 2. The minimum Gasteiger partial charge on any atom is -0.391 e. The van der Waals surface area contributed by atoms with Crippen LogP contribution >= 0.6 is 22.9 Å². The lowest BCUT2D eigenvalue weighted by Crippen LogP contribution is -2.59. The number of hydrogen-bond acceptors (Lipinski definition) is 13. The van der Waals surface area contributed by atoms with Gasteiger partial charge in [-0.2, -0.15) is 15.5 Å². The summed E-state index contributed by atoms with van der Waals surface area (Å²) in [6.07, 6.45) is 1.87. The van der Waals surface area contributed by atoms with Crippen LogP contribution in [0.5, 0.6) is 0 Å². The van der Waals surface area contributed by atoms with Gasteiger partial charge in [-0.3, -0.25) is 33.9 Å². The fourth-order valence-electron chi connectivity index (χ4n) is 8.73. The molecule has 18 nitrogen and oxygen atoms in total. The molecule has 5 atom stereocenters. The number of aliphatic hydroxyl groups excluding tert-OH is 1. The van der Waals surface area contributed by atoms with E-state index in [4.69, 9.17) is 21.6 Å². The van der Waals surface area contributed by atoms with E-state index < -0.39 is 29.5 Å². The van der Waals surface area contributed by atoms with Crippen LogP contribution in [-0.2, 0) is 32.3 Å². The van der Waals surface area contributed by atoms with Crippen LogP contribution in [0.15, 0.2) is 66.3 Å². The molecule has 3 unspecified atom stereocenters. The Bertz CT molecular complexity index is 2650. The first-order valence-electron chi connectivity index (χ1n) is 23.7. The maximum atomic E-state index is 14.2. The number of aromatic amines is 1. The molecule has 70 heavy (non-hydrogen) atoms. The van der Waals surface area contributed by atoms with Gasteiger partial charge >= 0.3 is 0 Å². The lowest BCUT2D eigenvalue weighted by Gasteiger charge is -2.37. The maximum absolute atomic E-state index is 14.2. The zero-order valence-corrected chi connectivity index (χ0v) is 42.1.